The number of hydrogen-bond donors (Lipinski definition) is 0. The van der Waals surface area contributed by atoms with Crippen LogP contribution in [-0.2, 0) is 17.6 Å². The van der Waals surface area contributed by atoms with Crippen LogP contribution in [0, 0.1) is 5.41 Å². The van der Waals surface area contributed by atoms with Crippen molar-refractivity contribution in [1.29, 1.82) is 0 Å². The number of methoxy groups -OCH3 is 1. The summed E-state index contributed by atoms with van der Waals surface area (Å²) in [5.41, 5.74) is 1.70. The normalized spacial score (nSPS) is 17.9. The van der Waals surface area contributed by atoms with E-state index in [1.165, 1.54) is 17.6 Å². The number of carbonyl (C=O) groups is 1. The number of ether oxygens (including phenoxy) is 1. The molecule has 0 atom stereocenters. The molecule has 0 saturated heterocycles. The van der Waals surface area contributed by atoms with Crippen LogP contribution in [0.5, 0.6) is 0 Å². The lowest BCUT2D eigenvalue weighted by Crippen LogP contribution is -2.10. The van der Waals surface area contributed by atoms with Gasteiger partial charge >= 0.3 is 5.97 Å². The second-order valence-electron chi connectivity index (χ2n) is 4.57. The van der Waals surface area contributed by atoms with Crippen molar-refractivity contribution < 1.29 is 9.53 Å². The van der Waals surface area contributed by atoms with Gasteiger partial charge in [-0.3, -0.25) is 0 Å². The van der Waals surface area contributed by atoms with Gasteiger partial charge in [0, 0.05) is 4.88 Å². The van der Waals surface area contributed by atoms with Crippen LogP contribution in [0.3, 0.4) is 0 Å². The molecule has 1 aliphatic rings. The zero-order chi connectivity index (χ0) is 10.3. The molecular weight excluding hydrogens is 196 g/mol. The van der Waals surface area contributed by atoms with Crippen LogP contribution < -0.4 is 0 Å². The van der Waals surface area contributed by atoms with Crippen LogP contribution in [-0.4, -0.2) is 13.1 Å². The maximum atomic E-state index is 11.3. The molecule has 14 heavy (non-hydrogen) atoms. The minimum Gasteiger partial charge on any atom is -0.465 e. The second-order valence-corrected chi connectivity index (χ2v) is 5.71. The number of rotatable bonds is 1. The average Bonchev–Trinajstić information content (AvgIpc) is 2.56. The first kappa shape index (κ1) is 9.71. The van der Waals surface area contributed by atoms with Gasteiger partial charge in [0.2, 0.25) is 0 Å². The smallest absolute Gasteiger partial charge is 0.348 e. The predicted octanol–water partition coefficient (Wildman–Crippen LogP) is 2.66. The molecule has 0 aliphatic heterocycles. The Labute approximate surface area is 87.9 Å². The highest BCUT2D eigenvalue weighted by Crippen LogP contribution is 2.40. The molecule has 0 radical (unpaired) electrons. The van der Waals surface area contributed by atoms with E-state index in [9.17, 15) is 4.79 Å². The summed E-state index contributed by atoms with van der Waals surface area (Å²) >= 11 is 1.58. The van der Waals surface area contributed by atoms with E-state index in [0.29, 0.717) is 5.41 Å². The summed E-state index contributed by atoms with van der Waals surface area (Å²) in [7, 11) is 1.43. The van der Waals surface area contributed by atoms with Gasteiger partial charge in [0.1, 0.15) is 4.88 Å². The lowest BCUT2D eigenvalue weighted by atomic mass is 9.91. The first-order valence-electron chi connectivity index (χ1n) is 4.72. The highest BCUT2D eigenvalue weighted by atomic mass is 32.1. The van der Waals surface area contributed by atoms with Gasteiger partial charge in [0.25, 0.3) is 0 Å². The van der Waals surface area contributed by atoms with Crippen LogP contribution in [0.4, 0.5) is 0 Å². The van der Waals surface area contributed by atoms with E-state index in [-0.39, 0.29) is 5.97 Å². The number of fused-ring (bicyclic) bond motifs is 1. The lowest BCUT2D eigenvalue weighted by molar-refractivity contribution is 0.0606. The van der Waals surface area contributed by atoms with E-state index in [0.717, 1.165) is 17.7 Å². The predicted molar refractivity (Wildman–Crippen MR) is 56.8 cm³/mol. The van der Waals surface area contributed by atoms with E-state index in [1.807, 2.05) is 6.07 Å². The fraction of sp³-hybridized carbons (Fsp3) is 0.545. The molecule has 2 rings (SSSR count). The summed E-state index contributed by atoms with van der Waals surface area (Å²) < 4.78 is 4.70. The van der Waals surface area contributed by atoms with Crippen molar-refractivity contribution in [2.24, 2.45) is 5.41 Å². The minimum atomic E-state index is -0.206. The third-order valence-corrected chi connectivity index (χ3v) is 3.75. The van der Waals surface area contributed by atoms with Gasteiger partial charge in [-0.25, -0.2) is 4.79 Å². The third-order valence-electron chi connectivity index (χ3n) is 2.59. The molecular formula is C11H14O2S. The highest BCUT2D eigenvalue weighted by Gasteiger charge is 2.31. The Kier molecular flexibility index (Phi) is 2.14. The van der Waals surface area contributed by atoms with E-state index in [4.69, 9.17) is 4.74 Å². The van der Waals surface area contributed by atoms with Crippen molar-refractivity contribution in [3.63, 3.8) is 0 Å². The van der Waals surface area contributed by atoms with E-state index in [2.05, 4.69) is 13.8 Å². The molecule has 1 aliphatic carbocycles. The molecule has 1 aromatic rings. The van der Waals surface area contributed by atoms with Crippen molar-refractivity contribution >= 4 is 17.3 Å². The minimum absolute atomic E-state index is 0.206. The summed E-state index contributed by atoms with van der Waals surface area (Å²) in [5, 5.41) is 0. The van der Waals surface area contributed by atoms with Crippen LogP contribution >= 0.6 is 11.3 Å². The summed E-state index contributed by atoms with van der Waals surface area (Å²) in [6.45, 7) is 4.52. The number of carbonyl (C=O) groups excluding carboxylic acids is 1. The maximum absolute atomic E-state index is 11.3. The molecule has 0 N–H and O–H groups in total. The molecule has 0 amide bonds. The van der Waals surface area contributed by atoms with E-state index in [1.54, 1.807) is 11.3 Å². The standard InChI is InChI=1S/C11H14O2S/c1-11(2)5-7-4-8(10(12)13-3)14-9(7)6-11/h4H,5-6H2,1-3H3. The molecule has 0 bridgehead atoms. The fourth-order valence-corrected chi connectivity index (χ4v) is 3.34. The monoisotopic (exact) mass is 210 g/mol. The van der Waals surface area contributed by atoms with Crippen molar-refractivity contribution in [2.45, 2.75) is 26.7 Å². The fourth-order valence-electron chi connectivity index (χ4n) is 1.98. The second kappa shape index (κ2) is 3.09. The molecule has 76 valence electrons. The van der Waals surface area contributed by atoms with Gasteiger partial charge in [-0.1, -0.05) is 13.8 Å². The van der Waals surface area contributed by atoms with Gasteiger partial charge in [-0.05, 0) is 29.9 Å². The Morgan fingerprint density at radius 1 is 1.50 bits per heavy atom. The Hall–Kier alpha value is -0.830. The highest BCUT2D eigenvalue weighted by molar-refractivity contribution is 7.14. The van der Waals surface area contributed by atoms with Crippen molar-refractivity contribution in [2.75, 3.05) is 7.11 Å². The molecule has 1 heterocycles. The van der Waals surface area contributed by atoms with Crippen molar-refractivity contribution in [3.05, 3.63) is 21.4 Å². The molecule has 3 heteroatoms. The summed E-state index contributed by atoms with van der Waals surface area (Å²) in [6.07, 6.45) is 2.17. The molecule has 0 saturated carbocycles. The number of thiophene rings is 1. The number of hydrogen-bond acceptors (Lipinski definition) is 3. The molecule has 0 spiro atoms. The first-order valence-corrected chi connectivity index (χ1v) is 5.53. The Morgan fingerprint density at radius 3 is 2.79 bits per heavy atom. The average molecular weight is 210 g/mol. The summed E-state index contributed by atoms with van der Waals surface area (Å²) in [5.74, 6) is -0.206. The van der Waals surface area contributed by atoms with Gasteiger partial charge in [-0.15, -0.1) is 11.3 Å². The van der Waals surface area contributed by atoms with Crippen LogP contribution in [0.2, 0.25) is 0 Å². The summed E-state index contributed by atoms with van der Waals surface area (Å²) in [4.78, 5) is 13.4. The van der Waals surface area contributed by atoms with Crippen LogP contribution in [0.1, 0.15) is 34.0 Å². The SMILES string of the molecule is COC(=O)c1cc2c(s1)CC(C)(C)C2. The zero-order valence-electron chi connectivity index (χ0n) is 8.72. The number of esters is 1. The Morgan fingerprint density at radius 2 is 2.21 bits per heavy atom. The summed E-state index contributed by atoms with van der Waals surface area (Å²) in [6, 6.07) is 1.99. The largest absolute Gasteiger partial charge is 0.465 e. The van der Waals surface area contributed by atoms with Gasteiger partial charge < -0.3 is 4.74 Å². The van der Waals surface area contributed by atoms with Crippen molar-refractivity contribution in [1.82, 2.24) is 0 Å². The van der Waals surface area contributed by atoms with E-state index < -0.39 is 0 Å². The zero-order valence-corrected chi connectivity index (χ0v) is 9.53. The molecule has 0 fully saturated rings. The molecule has 2 nitrogen and oxygen atoms in total. The first-order chi connectivity index (χ1) is 6.52. The molecule has 0 aromatic carbocycles. The van der Waals surface area contributed by atoms with Crippen LogP contribution in [0.25, 0.3) is 0 Å². The topological polar surface area (TPSA) is 26.3 Å². The van der Waals surface area contributed by atoms with Gasteiger partial charge in [0.05, 0.1) is 7.11 Å². The van der Waals surface area contributed by atoms with Crippen molar-refractivity contribution in [3.8, 4) is 0 Å². The molecule has 1 aromatic heterocycles. The van der Waals surface area contributed by atoms with Crippen LogP contribution in [0.15, 0.2) is 6.07 Å². The quantitative estimate of drug-likeness (QED) is 0.666. The lowest BCUT2D eigenvalue weighted by Gasteiger charge is -2.15. The molecule has 0 unspecified atom stereocenters. The Balaban J connectivity index is 2.27. The Bertz CT molecular complexity index is 351. The van der Waals surface area contributed by atoms with Gasteiger partial charge in [-0.2, -0.15) is 0 Å². The van der Waals surface area contributed by atoms with Gasteiger partial charge in [0.15, 0.2) is 0 Å². The third kappa shape index (κ3) is 1.57. The van der Waals surface area contributed by atoms with E-state index >= 15 is 0 Å². The maximum Gasteiger partial charge on any atom is 0.348 e.